The van der Waals surface area contributed by atoms with Crippen LogP contribution in [-0.4, -0.2) is 30.3 Å². The molecule has 0 aromatic carbocycles. The van der Waals surface area contributed by atoms with Gasteiger partial charge in [-0.2, -0.15) is 0 Å². The first-order chi connectivity index (χ1) is 4.81. The van der Waals surface area contributed by atoms with Crippen molar-refractivity contribution < 1.29 is 4.79 Å². The van der Waals surface area contributed by atoms with E-state index in [1.165, 1.54) is 0 Å². The maximum absolute atomic E-state index is 10.5. The zero-order valence-electron chi connectivity index (χ0n) is 5.72. The molecule has 0 saturated carbocycles. The summed E-state index contributed by atoms with van der Waals surface area (Å²) in [6.45, 7) is 0.705. The maximum Gasteiger partial charge on any atom is 0.234 e. The van der Waals surface area contributed by atoms with Gasteiger partial charge in [0.2, 0.25) is 5.91 Å². The van der Waals surface area contributed by atoms with Crippen LogP contribution in [0.4, 0.5) is 0 Å². The smallest absolute Gasteiger partial charge is 0.234 e. The van der Waals surface area contributed by atoms with Gasteiger partial charge in [-0.1, -0.05) is 21.6 Å². The maximum atomic E-state index is 10.5. The third kappa shape index (κ3) is 6.58. The number of hydrogen-bond donors (Lipinski definition) is 1. The molecule has 0 bridgehead atoms. The highest BCUT2D eigenvalue weighted by molar-refractivity contribution is 8.76. The van der Waals surface area contributed by atoms with Gasteiger partial charge >= 0.3 is 0 Å². The predicted molar refractivity (Wildman–Crippen MR) is 49.7 cm³/mol. The normalized spacial score (nSPS) is 9.40. The second-order valence-electron chi connectivity index (χ2n) is 1.47. The van der Waals surface area contributed by atoms with Crippen molar-refractivity contribution in [1.82, 2.24) is 5.32 Å². The molecule has 0 aromatic rings. The largest absolute Gasteiger partial charge is 0.354 e. The predicted octanol–water partition coefficient (Wildman–Crippen LogP) is 1.35. The highest BCUT2D eigenvalue weighted by atomic mass is 35.5. The molecule has 10 heavy (non-hydrogen) atoms. The Kier molecular flexibility index (Phi) is 7.91. The number of halogens is 1. The summed E-state index contributed by atoms with van der Waals surface area (Å²) in [6, 6.07) is 0. The van der Waals surface area contributed by atoms with Crippen LogP contribution in [0, 0.1) is 0 Å². The highest BCUT2D eigenvalue weighted by Crippen LogP contribution is 2.14. The Morgan fingerprint density at radius 3 is 2.90 bits per heavy atom. The molecule has 0 heterocycles. The fraction of sp³-hybridized carbons (Fsp3) is 0.800. The topological polar surface area (TPSA) is 29.1 Å². The first-order valence-electron chi connectivity index (χ1n) is 2.79. The third-order valence-electron chi connectivity index (χ3n) is 0.747. The molecule has 0 spiro atoms. The Hall–Kier alpha value is 0.460. The van der Waals surface area contributed by atoms with Crippen LogP contribution < -0.4 is 5.32 Å². The van der Waals surface area contributed by atoms with Gasteiger partial charge in [0, 0.05) is 12.3 Å². The average molecular weight is 200 g/mol. The van der Waals surface area contributed by atoms with Gasteiger partial charge in [-0.25, -0.2) is 0 Å². The van der Waals surface area contributed by atoms with E-state index in [-0.39, 0.29) is 11.8 Å². The molecule has 0 radical (unpaired) electrons. The van der Waals surface area contributed by atoms with Gasteiger partial charge in [-0.05, 0) is 6.26 Å². The van der Waals surface area contributed by atoms with Crippen LogP contribution in [0.1, 0.15) is 0 Å². The van der Waals surface area contributed by atoms with Gasteiger partial charge < -0.3 is 5.32 Å². The summed E-state index contributed by atoms with van der Waals surface area (Å²) < 4.78 is 0. The first-order valence-corrected chi connectivity index (χ1v) is 6.05. The molecule has 0 unspecified atom stereocenters. The quantitative estimate of drug-likeness (QED) is 0.412. The molecule has 2 nitrogen and oxygen atoms in total. The molecule has 0 aliphatic carbocycles. The molecule has 0 rings (SSSR count). The summed E-state index contributed by atoms with van der Waals surface area (Å²) in [5.41, 5.74) is 0. The van der Waals surface area contributed by atoms with Crippen LogP contribution in [-0.2, 0) is 4.79 Å². The van der Waals surface area contributed by atoms with Gasteiger partial charge in [0.05, 0.1) is 0 Å². The molecule has 1 amide bonds. The molecular weight excluding hydrogens is 190 g/mol. The SMILES string of the molecule is CSSCCNC(=O)CCl. The standard InChI is InChI=1S/C5H10ClNOS2/c1-9-10-3-2-7-5(8)4-6/h2-4H2,1H3,(H,7,8). The number of alkyl halides is 1. The lowest BCUT2D eigenvalue weighted by Gasteiger charge is -1.99. The van der Waals surface area contributed by atoms with Crippen LogP contribution in [0.5, 0.6) is 0 Å². The molecule has 0 aromatic heterocycles. The molecule has 0 fully saturated rings. The summed E-state index contributed by atoms with van der Waals surface area (Å²) >= 11 is 5.24. The van der Waals surface area contributed by atoms with Crippen molar-refractivity contribution in [3.05, 3.63) is 0 Å². The van der Waals surface area contributed by atoms with Gasteiger partial charge in [-0.15, -0.1) is 11.6 Å². The minimum Gasteiger partial charge on any atom is -0.354 e. The van der Waals surface area contributed by atoms with Gasteiger partial charge in [-0.3, -0.25) is 4.79 Å². The number of amides is 1. The molecule has 60 valence electrons. The third-order valence-corrected chi connectivity index (χ3v) is 2.80. The average Bonchev–Trinajstić information content (AvgIpc) is 1.98. The monoisotopic (exact) mass is 199 g/mol. The Labute approximate surface area is 73.9 Å². The second kappa shape index (κ2) is 7.57. The van der Waals surface area contributed by atoms with Crippen LogP contribution in [0.25, 0.3) is 0 Å². The van der Waals surface area contributed by atoms with Crippen molar-refractivity contribution in [3.8, 4) is 0 Å². The molecule has 0 aliphatic rings. The molecule has 0 saturated heterocycles. The number of hydrogen-bond acceptors (Lipinski definition) is 3. The van der Waals surface area contributed by atoms with E-state index < -0.39 is 0 Å². The van der Waals surface area contributed by atoms with E-state index in [4.69, 9.17) is 11.6 Å². The van der Waals surface area contributed by atoms with E-state index in [0.717, 1.165) is 5.75 Å². The Morgan fingerprint density at radius 2 is 2.40 bits per heavy atom. The van der Waals surface area contributed by atoms with Gasteiger partial charge in [0.25, 0.3) is 0 Å². The lowest BCUT2D eigenvalue weighted by molar-refractivity contribution is -0.118. The first kappa shape index (κ1) is 10.5. The van der Waals surface area contributed by atoms with E-state index in [0.29, 0.717) is 6.54 Å². The zero-order valence-corrected chi connectivity index (χ0v) is 8.11. The van der Waals surface area contributed by atoms with E-state index in [9.17, 15) is 4.79 Å². The number of carbonyl (C=O) groups is 1. The van der Waals surface area contributed by atoms with E-state index in [1.54, 1.807) is 21.6 Å². The second-order valence-corrected chi connectivity index (χ2v) is 4.42. The number of nitrogens with one attached hydrogen (secondary N) is 1. The van der Waals surface area contributed by atoms with Crippen molar-refractivity contribution in [3.63, 3.8) is 0 Å². The zero-order chi connectivity index (χ0) is 7.82. The fourth-order valence-corrected chi connectivity index (χ4v) is 1.56. The van der Waals surface area contributed by atoms with Gasteiger partial charge in [0.15, 0.2) is 0 Å². The number of rotatable bonds is 5. The van der Waals surface area contributed by atoms with Crippen molar-refractivity contribution in [2.24, 2.45) is 0 Å². The van der Waals surface area contributed by atoms with E-state index in [1.807, 2.05) is 6.26 Å². The Bertz CT molecular complexity index is 102. The summed E-state index contributed by atoms with van der Waals surface area (Å²) in [5, 5.41) is 2.66. The Morgan fingerprint density at radius 1 is 1.70 bits per heavy atom. The van der Waals surface area contributed by atoms with Crippen molar-refractivity contribution in [1.29, 1.82) is 0 Å². The minimum absolute atomic E-state index is 0.0595. The molecule has 0 aliphatic heterocycles. The lowest BCUT2D eigenvalue weighted by atomic mass is 10.6. The van der Waals surface area contributed by atoms with E-state index >= 15 is 0 Å². The summed E-state index contributed by atoms with van der Waals surface area (Å²) in [4.78, 5) is 10.5. The minimum atomic E-state index is -0.0941. The van der Waals surface area contributed by atoms with Crippen LogP contribution in [0.2, 0.25) is 0 Å². The van der Waals surface area contributed by atoms with Crippen LogP contribution >= 0.6 is 33.2 Å². The summed E-state index contributed by atoms with van der Waals surface area (Å²) in [6.07, 6.45) is 2.01. The van der Waals surface area contributed by atoms with Crippen LogP contribution in [0.15, 0.2) is 0 Å². The molecule has 0 atom stereocenters. The lowest BCUT2D eigenvalue weighted by Crippen LogP contribution is -2.26. The van der Waals surface area contributed by atoms with Crippen molar-refractivity contribution >= 4 is 39.1 Å². The van der Waals surface area contributed by atoms with E-state index in [2.05, 4.69) is 5.32 Å². The highest BCUT2D eigenvalue weighted by Gasteiger charge is 1.94. The summed E-state index contributed by atoms with van der Waals surface area (Å²) in [7, 11) is 3.41. The number of carbonyl (C=O) groups excluding carboxylic acids is 1. The molecular formula is C5H10ClNOS2. The molecule has 5 heteroatoms. The fourth-order valence-electron chi connectivity index (χ4n) is 0.363. The summed E-state index contributed by atoms with van der Waals surface area (Å²) in [5.74, 6) is 0.900. The van der Waals surface area contributed by atoms with Gasteiger partial charge in [0.1, 0.15) is 5.88 Å². The Balaban J connectivity index is 2.96. The van der Waals surface area contributed by atoms with Crippen molar-refractivity contribution in [2.75, 3.05) is 24.4 Å². The van der Waals surface area contributed by atoms with Crippen molar-refractivity contribution in [2.45, 2.75) is 0 Å². The van der Waals surface area contributed by atoms with Crippen LogP contribution in [0.3, 0.4) is 0 Å². The molecule has 1 N–H and O–H groups in total.